The number of aryl methyl sites for hydroxylation is 1. The summed E-state index contributed by atoms with van der Waals surface area (Å²) in [6.07, 6.45) is 3.30. The number of nitrogens with zero attached hydrogens (tertiary/aromatic N) is 1. The summed E-state index contributed by atoms with van der Waals surface area (Å²) in [5.41, 5.74) is 6.66. The summed E-state index contributed by atoms with van der Waals surface area (Å²) in [4.78, 5) is 14.4. The van der Waals surface area contributed by atoms with E-state index in [0.717, 1.165) is 19.4 Å². The Hall–Kier alpha value is -1.03. The molecule has 0 aromatic carbocycles. The van der Waals surface area contributed by atoms with Gasteiger partial charge in [0.05, 0.1) is 6.04 Å². The van der Waals surface area contributed by atoms with Crippen LogP contribution in [-0.2, 0) is 0 Å². The van der Waals surface area contributed by atoms with E-state index in [1.165, 1.54) is 16.9 Å². The van der Waals surface area contributed by atoms with E-state index >= 15 is 0 Å². The number of urea groups is 1. The summed E-state index contributed by atoms with van der Waals surface area (Å²) in [6.45, 7) is 2.88. The molecule has 1 aliphatic heterocycles. The van der Waals surface area contributed by atoms with Crippen LogP contribution in [0.2, 0.25) is 0 Å². The molecule has 1 saturated heterocycles. The standard InChI is InChI=1S/C11H16N2OS/c1-8-6-10(15-7-8)9-4-2-3-5-13(9)11(12)14/h6-7,9H,2-5H2,1H3,(H2,12,14). The van der Waals surface area contributed by atoms with Gasteiger partial charge < -0.3 is 10.6 Å². The molecule has 0 radical (unpaired) electrons. The molecule has 15 heavy (non-hydrogen) atoms. The highest BCUT2D eigenvalue weighted by Gasteiger charge is 2.27. The van der Waals surface area contributed by atoms with Crippen LogP contribution < -0.4 is 5.73 Å². The molecule has 2 N–H and O–H groups in total. The highest BCUT2D eigenvalue weighted by atomic mass is 32.1. The predicted octanol–water partition coefficient (Wildman–Crippen LogP) is 2.66. The lowest BCUT2D eigenvalue weighted by molar-refractivity contribution is 0.161. The first-order chi connectivity index (χ1) is 7.18. The zero-order chi connectivity index (χ0) is 10.8. The molecule has 1 fully saturated rings. The molecule has 0 bridgehead atoms. The van der Waals surface area contributed by atoms with Crippen LogP contribution in [0, 0.1) is 6.92 Å². The molecule has 0 saturated carbocycles. The predicted molar refractivity (Wildman–Crippen MR) is 61.9 cm³/mol. The van der Waals surface area contributed by atoms with Gasteiger partial charge >= 0.3 is 6.03 Å². The van der Waals surface area contributed by atoms with E-state index in [1.807, 2.05) is 0 Å². The summed E-state index contributed by atoms with van der Waals surface area (Å²) < 4.78 is 0. The molecule has 2 heterocycles. The molecule has 82 valence electrons. The van der Waals surface area contributed by atoms with Crippen molar-refractivity contribution < 1.29 is 4.79 Å². The molecule has 1 aliphatic rings. The van der Waals surface area contributed by atoms with E-state index in [1.54, 1.807) is 16.2 Å². The lowest BCUT2D eigenvalue weighted by atomic mass is 10.0. The summed E-state index contributed by atoms with van der Waals surface area (Å²) >= 11 is 1.73. The second kappa shape index (κ2) is 4.23. The maximum Gasteiger partial charge on any atom is 0.315 e. The third-order valence-corrected chi connectivity index (χ3v) is 4.02. The zero-order valence-corrected chi connectivity index (χ0v) is 9.72. The van der Waals surface area contributed by atoms with Crippen LogP contribution in [0.25, 0.3) is 0 Å². The van der Waals surface area contributed by atoms with Crippen molar-refractivity contribution in [3.05, 3.63) is 21.9 Å². The second-order valence-corrected chi connectivity index (χ2v) is 5.01. The Labute approximate surface area is 93.9 Å². The highest BCUT2D eigenvalue weighted by molar-refractivity contribution is 7.10. The number of thiophene rings is 1. The van der Waals surface area contributed by atoms with Crippen molar-refractivity contribution in [3.63, 3.8) is 0 Å². The summed E-state index contributed by atoms with van der Waals surface area (Å²) in [7, 11) is 0. The average Bonchev–Trinajstić information content (AvgIpc) is 2.65. The number of carbonyl (C=O) groups excluding carboxylic acids is 1. The van der Waals surface area contributed by atoms with E-state index in [0.29, 0.717) is 0 Å². The largest absolute Gasteiger partial charge is 0.351 e. The van der Waals surface area contributed by atoms with Gasteiger partial charge in [-0.15, -0.1) is 11.3 Å². The minimum atomic E-state index is -0.286. The first kappa shape index (κ1) is 10.5. The quantitative estimate of drug-likeness (QED) is 0.783. The number of piperidine rings is 1. The molecule has 1 unspecified atom stereocenters. The average molecular weight is 224 g/mol. The van der Waals surface area contributed by atoms with Gasteiger partial charge in [-0.25, -0.2) is 4.79 Å². The van der Waals surface area contributed by atoms with Gasteiger partial charge in [-0.05, 0) is 43.2 Å². The molecule has 1 aromatic rings. The topological polar surface area (TPSA) is 46.3 Å². The number of hydrogen-bond acceptors (Lipinski definition) is 2. The molecule has 1 atom stereocenters. The molecule has 2 rings (SSSR count). The first-order valence-electron chi connectivity index (χ1n) is 5.29. The van der Waals surface area contributed by atoms with Crippen molar-refractivity contribution in [2.75, 3.05) is 6.54 Å². The van der Waals surface area contributed by atoms with Crippen LogP contribution in [0.15, 0.2) is 11.4 Å². The van der Waals surface area contributed by atoms with Crippen molar-refractivity contribution in [3.8, 4) is 0 Å². The zero-order valence-electron chi connectivity index (χ0n) is 8.90. The minimum Gasteiger partial charge on any atom is -0.351 e. The number of rotatable bonds is 1. The second-order valence-electron chi connectivity index (χ2n) is 4.07. The Balaban J connectivity index is 2.21. The van der Waals surface area contributed by atoms with Gasteiger partial charge in [0.25, 0.3) is 0 Å². The van der Waals surface area contributed by atoms with Crippen LogP contribution in [0.4, 0.5) is 4.79 Å². The maximum absolute atomic E-state index is 11.3. The Morgan fingerprint density at radius 2 is 2.40 bits per heavy atom. The number of primary amides is 1. The SMILES string of the molecule is Cc1csc(C2CCCCN2C(N)=O)c1. The molecule has 0 aliphatic carbocycles. The summed E-state index contributed by atoms with van der Waals surface area (Å²) in [6, 6.07) is 2.09. The molecular weight excluding hydrogens is 208 g/mol. The normalized spacial score (nSPS) is 21.7. The molecule has 3 nitrogen and oxygen atoms in total. The molecule has 4 heteroatoms. The fraction of sp³-hybridized carbons (Fsp3) is 0.545. The number of nitrogens with two attached hydrogens (primary N) is 1. The van der Waals surface area contributed by atoms with Gasteiger partial charge in [-0.3, -0.25) is 0 Å². The van der Waals surface area contributed by atoms with Gasteiger partial charge in [-0.1, -0.05) is 0 Å². The third kappa shape index (κ3) is 2.15. The van der Waals surface area contributed by atoms with Crippen LogP contribution >= 0.6 is 11.3 Å². The molecular formula is C11H16N2OS. The van der Waals surface area contributed by atoms with Gasteiger partial charge in [0.1, 0.15) is 0 Å². The van der Waals surface area contributed by atoms with Crippen LogP contribution in [0.5, 0.6) is 0 Å². The Morgan fingerprint density at radius 3 is 3.00 bits per heavy atom. The minimum absolute atomic E-state index is 0.218. The fourth-order valence-electron chi connectivity index (χ4n) is 2.12. The number of amides is 2. The van der Waals surface area contributed by atoms with Crippen molar-refractivity contribution in [1.29, 1.82) is 0 Å². The lowest BCUT2D eigenvalue weighted by Gasteiger charge is -2.33. The number of likely N-dealkylation sites (tertiary alicyclic amines) is 1. The lowest BCUT2D eigenvalue weighted by Crippen LogP contribution is -2.41. The molecule has 0 spiro atoms. The van der Waals surface area contributed by atoms with Gasteiger partial charge in [0.2, 0.25) is 0 Å². The Bertz CT molecular complexity index is 361. The van der Waals surface area contributed by atoms with E-state index in [2.05, 4.69) is 18.4 Å². The van der Waals surface area contributed by atoms with E-state index < -0.39 is 0 Å². The Morgan fingerprint density at radius 1 is 1.60 bits per heavy atom. The smallest absolute Gasteiger partial charge is 0.315 e. The third-order valence-electron chi connectivity index (χ3n) is 2.87. The highest BCUT2D eigenvalue weighted by Crippen LogP contribution is 2.34. The van der Waals surface area contributed by atoms with Crippen LogP contribution in [-0.4, -0.2) is 17.5 Å². The van der Waals surface area contributed by atoms with Crippen molar-refractivity contribution in [1.82, 2.24) is 4.90 Å². The van der Waals surface area contributed by atoms with Gasteiger partial charge in [-0.2, -0.15) is 0 Å². The fourth-order valence-corrected chi connectivity index (χ4v) is 3.17. The summed E-state index contributed by atoms with van der Waals surface area (Å²) in [5, 5.41) is 2.13. The molecule has 1 aromatic heterocycles. The number of hydrogen-bond donors (Lipinski definition) is 1. The van der Waals surface area contributed by atoms with Crippen LogP contribution in [0.1, 0.15) is 35.7 Å². The molecule has 2 amide bonds. The van der Waals surface area contributed by atoms with E-state index in [-0.39, 0.29) is 12.1 Å². The summed E-state index contributed by atoms with van der Waals surface area (Å²) in [5.74, 6) is 0. The first-order valence-corrected chi connectivity index (χ1v) is 6.17. The van der Waals surface area contributed by atoms with Crippen molar-refractivity contribution in [2.24, 2.45) is 5.73 Å². The van der Waals surface area contributed by atoms with E-state index in [9.17, 15) is 4.79 Å². The van der Waals surface area contributed by atoms with Crippen molar-refractivity contribution in [2.45, 2.75) is 32.2 Å². The van der Waals surface area contributed by atoms with Crippen LogP contribution in [0.3, 0.4) is 0 Å². The Kier molecular flexibility index (Phi) is 2.95. The van der Waals surface area contributed by atoms with Gasteiger partial charge in [0.15, 0.2) is 0 Å². The number of carbonyl (C=O) groups is 1. The van der Waals surface area contributed by atoms with Crippen molar-refractivity contribution >= 4 is 17.4 Å². The maximum atomic E-state index is 11.3. The monoisotopic (exact) mass is 224 g/mol. The van der Waals surface area contributed by atoms with Gasteiger partial charge in [0, 0.05) is 11.4 Å². The van der Waals surface area contributed by atoms with E-state index in [4.69, 9.17) is 5.73 Å².